The first-order valence-electron chi connectivity index (χ1n) is 10.2. The van der Waals surface area contributed by atoms with E-state index in [2.05, 4.69) is 26.1 Å². The molecule has 0 bridgehead atoms. The van der Waals surface area contributed by atoms with Gasteiger partial charge in [0.1, 0.15) is 5.82 Å². The van der Waals surface area contributed by atoms with Crippen molar-refractivity contribution in [1.29, 1.82) is 0 Å². The molecule has 1 unspecified atom stereocenters. The van der Waals surface area contributed by atoms with E-state index in [1.54, 1.807) is 0 Å². The molecule has 2 heterocycles. The zero-order chi connectivity index (χ0) is 21.6. The molecule has 9 nitrogen and oxygen atoms in total. The van der Waals surface area contributed by atoms with Gasteiger partial charge >= 0.3 is 0 Å². The van der Waals surface area contributed by atoms with Crippen molar-refractivity contribution in [2.45, 2.75) is 12.8 Å². The van der Waals surface area contributed by atoms with Crippen molar-refractivity contribution >= 4 is 29.2 Å². The van der Waals surface area contributed by atoms with E-state index in [0.717, 1.165) is 36.2 Å². The third-order valence-corrected chi connectivity index (χ3v) is 5.35. The summed E-state index contributed by atoms with van der Waals surface area (Å²) >= 11 is 0. The number of nitrogen functional groups attached to an aromatic ring is 1. The number of carbonyl (C=O) groups excluding carboxylic acids is 1. The number of carbonyl (C=O) groups is 1. The molecule has 0 radical (unpaired) electrons. The van der Waals surface area contributed by atoms with Crippen LogP contribution in [0.15, 0.2) is 60.7 Å². The molecule has 2 aromatic carbocycles. The Morgan fingerprint density at radius 1 is 1.00 bits per heavy atom. The predicted octanol–water partition coefficient (Wildman–Crippen LogP) is 2.38. The summed E-state index contributed by atoms with van der Waals surface area (Å²) in [5, 5.41) is 3.24. The molecule has 0 aliphatic carbocycles. The maximum Gasteiger partial charge on any atom is 0.238 e. The molecule has 7 N–H and O–H groups in total. The molecule has 1 fully saturated rings. The number of hydrogen-bond acceptors (Lipinski definition) is 8. The largest absolute Gasteiger partial charge is 0.355 e. The van der Waals surface area contributed by atoms with Crippen LogP contribution in [0.5, 0.6) is 0 Å². The molecule has 3 aromatic rings. The molecule has 1 aromatic heterocycles. The van der Waals surface area contributed by atoms with Crippen LogP contribution in [0.25, 0.3) is 11.1 Å². The highest BCUT2D eigenvalue weighted by Crippen LogP contribution is 2.37. The second kappa shape index (κ2) is 9.41. The number of nitrogens with one attached hydrogen (secondary N) is 3. The van der Waals surface area contributed by atoms with Crippen molar-refractivity contribution in [1.82, 2.24) is 15.4 Å². The highest BCUT2D eigenvalue weighted by Gasteiger charge is 2.29. The predicted molar refractivity (Wildman–Crippen MR) is 122 cm³/mol. The van der Waals surface area contributed by atoms with Crippen molar-refractivity contribution in [3.05, 3.63) is 60.7 Å². The first kappa shape index (κ1) is 20.6. The van der Waals surface area contributed by atoms with E-state index in [-0.39, 0.29) is 11.8 Å². The summed E-state index contributed by atoms with van der Waals surface area (Å²) in [7, 11) is 0. The number of rotatable bonds is 6. The summed E-state index contributed by atoms with van der Waals surface area (Å²) in [5.74, 6) is 12.5. The van der Waals surface area contributed by atoms with E-state index in [9.17, 15) is 4.79 Å². The standard InChI is InChI=1S/C22H26N8O/c23-28-19-18(15-8-3-1-4-9-15)20(30-13-7-10-16(14-30)21(31)29-24)27-22(26-19)25-17-11-5-2-6-12-17/h1-6,8-9,11-12,16H,7,10,13-14,23-24H2,(H,29,31)(H2,25,26,27,28). The summed E-state index contributed by atoms with van der Waals surface area (Å²) < 4.78 is 0. The molecule has 1 amide bonds. The van der Waals surface area contributed by atoms with Crippen LogP contribution in [-0.4, -0.2) is 29.0 Å². The Bertz CT molecular complexity index is 1030. The van der Waals surface area contributed by atoms with Gasteiger partial charge < -0.3 is 15.6 Å². The van der Waals surface area contributed by atoms with Gasteiger partial charge in [-0.05, 0) is 30.5 Å². The number of hydrogen-bond donors (Lipinski definition) is 5. The molecule has 31 heavy (non-hydrogen) atoms. The lowest BCUT2D eigenvalue weighted by Gasteiger charge is -2.34. The Labute approximate surface area is 180 Å². The fourth-order valence-electron chi connectivity index (χ4n) is 3.86. The van der Waals surface area contributed by atoms with E-state index in [1.807, 2.05) is 60.7 Å². The second-order valence-corrected chi connectivity index (χ2v) is 7.39. The van der Waals surface area contributed by atoms with Crippen LogP contribution in [0.1, 0.15) is 12.8 Å². The van der Waals surface area contributed by atoms with Crippen LogP contribution < -0.4 is 32.8 Å². The van der Waals surface area contributed by atoms with Crippen molar-refractivity contribution in [3.63, 3.8) is 0 Å². The number of aromatic nitrogens is 2. The van der Waals surface area contributed by atoms with E-state index >= 15 is 0 Å². The third kappa shape index (κ3) is 4.57. The van der Waals surface area contributed by atoms with Crippen molar-refractivity contribution in [2.24, 2.45) is 17.6 Å². The first-order chi connectivity index (χ1) is 15.2. The van der Waals surface area contributed by atoms with Gasteiger partial charge in [-0.2, -0.15) is 9.97 Å². The summed E-state index contributed by atoms with van der Waals surface area (Å²) in [5.41, 5.74) is 7.59. The van der Waals surface area contributed by atoms with Crippen molar-refractivity contribution < 1.29 is 4.79 Å². The number of hydrazine groups is 2. The summed E-state index contributed by atoms with van der Waals surface area (Å²) in [6, 6.07) is 19.5. The Kier molecular flexibility index (Phi) is 6.25. The molecule has 1 aliphatic heterocycles. The van der Waals surface area contributed by atoms with E-state index in [1.165, 1.54) is 0 Å². The van der Waals surface area contributed by atoms with Crippen molar-refractivity contribution in [2.75, 3.05) is 28.7 Å². The smallest absolute Gasteiger partial charge is 0.238 e. The van der Waals surface area contributed by atoms with E-state index < -0.39 is 0 Å². The molecular weight excluding hydrogens is 392 g/mol. The summed E-state index contributed by atoms with van der Waals surface area (Å²) in [6.45, 7) is 1.27. The number of anilines is 4. The lowest BCUT2D eigenvalue weighted by atomic mass is 9.96. The molecule has 160 valence electrons. The van der Waals surface area contributed by atoms with Gasteiger partial charge in [0, 0.05) is 18.8 Å². The average Bonchev–Trinajstić information content (AvgIpc) is 2.84. The Balaban J connectivity index is 1.79. The molecule has 1 saturated heterocycles. The van der Waals surface area contributed by atoms with E-state index in [0.29, 0.717) is 24.1 Å². The second-order valence-electron chi connectivity index (χ2n) is 7.39. The number of benzene rings is 2. The quantitative estimate of drug-likeness (QED) is 0.234. The third-order valence-electron chi connectivity index (χ3n) is 5.35. The first-order valence-corrected chi connectivity index (χ1v) is 10.2. The molecule has 0 spiro atoms. The highest BCUT2D eigenvalue weighted by molar-refractivity contribution is 5.87. The summed E-state index contributed by atoms with van der Waals surface area (Å²) in [6.07, 6.45) is 1.63. The topological polar surface area (TPSA) is 134 Å². The SMILES string of the molecule is NNC(=O)C1CCCN(c2nc(Nc3ccccc3)nc(NN)c2-c2ccccc2)C1. The minimum Gasteiger partial charge on any atom is -0.355 e. The minimum absolute atomic E-state index is 0.167. The number of amides is 1. The number of piperidine rings is 1. The van der Waals surface area contributed by atoms with Gasteiger partial charge in [0.2, 0.25) is 11.9 Å². The molecule has 1 aliphatic rings. The van der Waals surface area contributed by atoms with Gasteiger partial charge in [-0.15, -0.1) is 0 Å². The van der Waals surface area contributed by atoms with Gasteiger partial charge in [0.15, 0.2) is 5.82 Å². The maximum absolute atomic E-state index is 12.2. The van der Waals surface area contributed by atoms with Gasteiger partial charge in [0.05, 0.1) is 11.5 Å². The number of para-hydroxylation sites is 1. The van der Waals surface area contributed by atoms with Crippen LogP contribution in [-0.2, 0) is 4.79 Å². The van der Waals surface area contributed by atoms with Gasteiger partial charge in [-0.1, -0.05) is 48.5 Å². The average molecular weight is 419 g/mol. The number of nitrogens with two attached hydrogens (primary N) is 2. The van der Waals surface area contributed by atoms with Gasteiger partial charge in [-0.3, -0.25) is 10.2 Å². The van der Waals surface area contributed by atoms with Crippen LogP contribution in [0.3, 0.4) is 0 Å². The zero-order valence-corrected chi connectivity index (χ0v) is 17.1. The van der Waals surface area contributed by atoms with Crippen LogP contribution >= 0.6 is 0 Å². The Morgan fingerprint density at radius 2 is 1.71 bits per heavy atom. The molecular formula is C22H26N8O. The normalized spacial score (nSPS) is 15.9. The summed E-state index contributed by atoms with van der Waals surface area (Å²) in [4.78, 5) is 23.7. The van der Waals surface area contributed by atoms with Crippen LogP contribution in [0.4, 0.5) is 23.3 Å². The van der Waals surface area contributed by atoms with Crippen LogP contribution in [0.2, 0.25) is 0 Å². The number of nitrogens with zero attached hydrogens (tertiary/aromatic N) is 3. The molecule has 9 heteroatoms. The monoisotopic (exact) mass is 418 g/mol. The Hall–Kier alpha value is -3.69. The lowest BCUT2D eigenvalue weighted by Crippen LogP contribution is -2.45. The maximum atomic E-state index is 12.2. The lowest BCUT2D eigenvalue weighted by molar-refractivity contribution is -0.125. The van der Waals surface area contributed by atoms with Gasteiger partial charge in [-0.25, -0.2) is 11.7 Å². The minimum atomic E-state index is -0.211. The zero-order valence-electron chi connectivity index (χ0n) is 17.1. The fourth-order valence-corrected chi connectivity index (χ4v) is 3.86. The Morgan fingerprint density at radius 3 is 2.39 bits per heavy atom. The van der Waals surface area contributed by atoms with E-state index in [4.69, 9.17) is 16.7 Å². The highest BCUT2D eigenvalue weighted by atomic mass is 16.2. The van der Waals surface area contributed by atoms with Crippen LogP contribution in [0, 0.1) is 5.92 Å². The molecule has 1 atom stereocenters. The molecule has 4 rings (SSSR count). The molecule has 0 saturated carbocycles. The van der Waals surface area contributed by atoms with Gasteiger partial charge in [0.25, 0.3) is 0 Å². The fraction of sp³-hybridized carbons (Fsp3) is 0.227. The van der Waals surface area contributed by atoms with Crippen molar-refractivity contribution in [3.8, 4) is 11.1 Å².